The van der Waals surface area contributed by atoms with E-state index in [0.717, 1.165) is 10.9 Å². The molecule has 0 atom stereocenters. The van der Waals surface area contributed by atoms with Gasteiger partial charge in [0.2, 0.25) is 0 Å². The summed E-state index contributed by atoms with van der Waals surface area (Å²) in [5, 5.41) is 24.2. The van der Waals surface area contributed by atoms with Crippen LogP contribution in [0, 0.1) is 21.4 Å². The lowest BCUT2D eigenvalue weighted by molar-refractivity contribution is -0.384. The van der Waals surface area contributed by atoms with Crippen LogP contribution in [0.2, 0.25) is 0 Å². The quantitative estimate of drug-likeness (QED) is 0.197. The molecule has 0 saturated heterocycles. The first-order valence-corrected chi connectivity index (χ1v) is 8.97. The van der Waals surface area contributed by atoms with Crippen molar-refractivity contribution in [2.45, 2.75) is 6.92 Å². The molecule has 1 heterocycles. The van der Waals surface area contributed by atoms with Crippen molar-refractivity contribution in [1.29, 1.82) is 5.26 Å². The van der Waals surface area contributed by atoms with E-state index in [9.17, 15) is 20.2 Å². The Balaban J connectivity index is 2.11. The van der Waals surface area contributed by atoms with Gasteiger partial charge in [-0.3, -0.25) is 10.1 Å². The topological polar surface area (TPSA) is 130 Å². The third kappa shape index (κ3) is 4.23. The number of nitrogens with zero attached hydrogens (tertiary/aromatic N) is 2. The van der Waals surface area contributed by atoms with E-state index in [-0.39, 0.29) is 17.9 Å². The summed E-state index contributed by atoms with van der Waals surface area (Å²) in [5.74, 6) is -0.104. The summed E-state index contributed by atoms with van der Waals surface area (Å²) in [6.07, 6.45) is 1.40. The van der Waals surface area contributed by atoms with Gasteiger partial charge in [0.15, 0.2) is 0 Å². The van der Waals surface area contributed by atoms with Crippen LogP contribution >= 0.6 is 0 Å². The Labute approximate surface area is 171 Å². The second-order valence-electron chi connectivity index (χ2n) is 6.14. The van der Waals surface area contributed by atoms with Gasteiger partial charge in [0.25, 0.3) is 5.69 Å². The summed E-state index contributed by atoms with van der Waals surface area (Å²) >= 11 is 0. The highest BCUT2D eigenvalue weighted by Crippen LogP contribution is 2.34. The maximum Gasteiger partial charge on any atom is 0.348 e. The number of non-ortho nitro benzene ring substituents is 1. The number of aromatic nitrogens is 1. The van der Waals surface area contributed by atoms with E-state index in [2.05, 4.69) is 10.3 Å². The van der Waals surface area contributed by atoms with E-state index in [1.54, 1.807) is 38.3 Å². The molecule has 0 radical (unpaired) electrons. The third-order valence-electron chi connectivity index (χ3n) is 4.29. The molecular formula is C21H18N4O5. The van der Waals surface area contributed by atoms with Crippen LogP contribution in [-0.4, -0.2) is 29.6 Å². The lowest BCUT2D eigenvalue weighted by Crippen LogP contribution is -2.06. The van der Waals surface area contributed by atoms with Gasteiger partial charge in [-0.2, -0.15) is 5.26 Å². The van der Waals surface area contributed by atoms with E-state index in [4.69, 9.17) is 9.47 Å². The van der Waals surface area contributed by atoms with Crippen LogP contribution in [0.25, 0.3) is 17.0 Å². The number of methoxy groups -OCH3 is 1. The summed E-state index contributed by atoms with van der Waals surface area (Å²) < 4.78 is 10.2. The highest BCUT2D eigenvalue weighted by atomic mass is 16.6. The largest absolute Gasteiger partial charge is 0.497 e. The fourth-order valence-corrected chi connectivity index (χ4v) is 2.86. The van der Waals surface area contributed by atoms with Gasteiger partial charge in [-0.1, -0.05) is 0 Å². The molecule has 0 unspecified atom stereocenters. The van der Waals surface area contributed by atoms with E-state index >= 15 is 0 Å². The zero-order chi connectivity index (χ0) is 21.7. The summed E-state index contributed by atoms with van der Waals surface area (Å²) in [4.78, 5) is 25.6. The van der Waals surface area contributed by atoms with Crippen molar-refractivity contribution in [2.24, 2.45) is 0 Å². The molecule has 0 fully saturated rings. The highest BCUT2D eigenvalue weighted by molar-refractivity contribution is 6.04. The number of carbonyl (C=O) groups excluding carboxylic acids is 1. The lowest BCUT2D eigenvalue weighted by atomic mass is 10.1. The van der Waals surface area contributed by atoms with Crippen molar-refractivity contribution in [1.82, 2.24) is 4.98 Å². The van der Waals surface area contributed by atoms with Crippen LogP contribution < -0.4 is 10.1 Å². The van der Waals surface area contributed by atoms with Crippen molar-refractivity contribution in [3.63, 3.8) is 0 Å². The van der Waals surface area contributed by atoms with Gasteiger partial charge in [-0.15, -0.1) is 0 Å². The zero-order valence-electron chi connectivity index (χ0n) is 16.3. The number of ether oxygens (including phenoxy) is 2. The molecule has 152 valence electrons. The molecule has 0 amide bonds. The molecule has 2 aromatic carbocycles. The fraction of sp³-hybridized carbons (Fsp3) is 0.143. The fourth-order valence-electron chi connectivity index (χ4n) is 2.86. The zero-order valence-corrected chi connectivity index (χ0v) is 16.3. The first-order chi connectivity index (χ1) is 14.5. The second kappa shape index (κ2) is 8.79. The molecular weight excluding hydrogens is 388 g/mol. The number of nitro groups is 1. The predicted octanol–water partition coefficient (Wildman–Crippen LogP) is 4.30. The van der Waals surface area contributed by atoms with Crippen molar-refractivity contribution in [3.05, 3.63) is 63.8 Å². The van der Waals surface area contributed by atoms with Gasteiger partial charge < -0.3 is 19.8 Å². The molecule has 9 nitrogen and oxygen atoms in total. The van der Waals surface area contributed by atoms with Crippen LogP contribution in [-0.2, 0) is 9.53 Å². The molecule has 2 N–H and O–H groups in total. The number of H-pyrrole nitrogens is 1. The normalized spacial score (nSPS) is 11.0. The number of esters is 1. The summed E-state index contributed by atoms with van der Waals surface area (Å²) in [6, 6.07) is 13.1. The Hall–Kier alpha value is -4.32. The average molecular weight is 406 g/mol. The maximum atomic E-state index is 12.0. The monoisotopic (exact) mass is 406 g/mol. The van der Waals surface area contributed by atoms with Gasteiger partial charge in [-0.05, 0) is 43.3 Å². The Morgan fingerprint density at radius 1 is 1.30 bits per heavy atom. The summed E-state index contributed by atoms with van der Waals surface area (Å²) in [5.41, 5.74) is 2.19. The van der Waals surface area contributed by atoms with Gasteiger partial charge in [0.1, 0.15) is 17.4 Å². The smallest absolute Gasteiger partial charge is 0.348 e. The number of aromatic amines is 1. The van der Waals surface area contributed by atoms with E-state index in [1.165, 1.54) is 18.2 Å². The Kier molecular flexibility index (Phi) is 5.98. The van der Waals surface area contributed by atoms with Crippen LogP contribution in [0.4, 0.5) is 17.1 Å². The van der Waals surface area contributed by atoms with Gasteiger partial charge in [-0.25, -0.2) is 4.79 Å². The Bertz CT molecular complexity index is 1170. The number of anilines is 2. The standard InChI is InChI=1S/C21H18N4O5/c1-3-30-21(26)13(12-22)10-19-20(17-11-16(29-2)8-9-18(17)24-19)23-14-4-6-15(7-5-14)25(27)28/h4-11,23-24H,3H2,1-2H3. The minimum absolute atomic E-state index is 0.0321. The Morgan fingerprint density at radius 2 is 2.03 bits per heavy atom. The molecule has 0 aliphatic carbocycles. The highest BCUT2D eigenvalue weighted by Gasteiger charge is 2.16. The number of nitro benzene ring substituents is 1. The number of hydrogen-bond acceptors (Lipinski definition) is 7. The third-order valence-corrected chi connectivity index (χ3v) is 4.29. The number of carbonyl (C=O) groups is 1. The molecule has 0 bridgehead atoms. The van der Waals surface area contributed by atoms with E-state index in [1.807, 2.05) is 12.1 Å². The van der Waals surface area contributed by atoms with Gasteiger partial charge in [0, 0.05) is 28.7 Å². The lowest BCUT2D eigenvalue weighted by Gasteiger charge is -2.08. The van der Waals surface area contributed by atoms with Gasteiger partial charge in [0.05, 0.1) is 30.0 Å². The molecule has 3 rings (SSSR count). The molecule has 0 aliphatic heterocycles. The number of hydrogen-bond donors (Lipinski definition) is 2. The van der Waals surface area contributed by atoms with Crippen LogP contribution in [0.3, 0.4) is 0 Å². The minimum atomic E-state index is -0.725. The molecule has 30 heavy (non-hydrogen) atoms. The van der Waals surface area contributed by atoms with E-state index in [0.29, 0.717) is 22.8 Å². The summed E-state index contributed by atoms with van der Waals surface area (Å²) in [6.45, 7) is 1.80. The first-order valence-electron chi connectivity index (χ1n) is 8.97. The predicted molar refractivity (Wildman–Crippen MR) is 111 cm³/mol. The molecule has 0 aliphatic rings. The maximum absolute atomic E-state index is 12.0. The number of nitriles is 1. The SMILES string of the molecule is CCOC(=O)C(C#N)=Cc1[nH]c2ccc(OC)cc2c1Nc1ccc([N+](=O)[O-])cc1. The number of nitrogens with one attached hydrogen (secondary N) is 2. The van der Waals surface area contributed by atoms with Crippen molar-refractivity contribution < 1.29 is 19.2 Å². The molecule has 1 aromatic heterocycles. The van der Waals surface area contributed by atoms with Crippen molar-refractivity contribution in [3.8, 4) is 11.8 Å². The molecule has 0 spiro atoms. The van der Waals surface area contributed by atoms with Crippen LogP contribution in [0.1, 0.15) is 12.6 Å². The second-order valence-corrected chi connectivity index (χ2v) is 6.14. The minimum Gasteiger partial charge on any atom is -0.497 e. The Morgan fingerprint density at radius 3 is 2.63 bits per heavy atom. The van der Waals surface area contributed by atoms with Crippen LogP contribution in [0.5, 0.6) is 5.75 Å². The van der Waals surface area contributed by atoms with Crippen LogP contribution in [0.15, 0.2) is 48.0 Å². The summed E-state index contributed by atoms with van der Waals surface area (Å²) in [7, 11) is 1.55. The number of fused-ring (bicyclic) bond motifs is 1. The van der Waals surface area contributed by atoms with Gasteiger partial charge >= 0.3 is 5.97 Å². The number of rotatable bonds is 7. The number of benzene rings is 2. The average Bonchev–Trinajstić information content (AvgIpc) is 3.08. The molecule has 0 saturated carbocycles. The van der Waals surface area contributed by atoms with Crippen molar-refractivity contribution in [2.75, 3.05) is 19.0 Å². The van der Waals surface area contributed by atoms with E-state index < -0.39 is 10.9 Å². The first kappa shape index (κ1) is 20.4. The molecule has 9 heteroatoms. The molecule has 3 aromatic rings. The van der Waals surface area contributed by atoms with Crippen molar-refractivity contribution >= 4 is 40.0 Å².